The van der Waals surface area contributed by atoms with E-state index in [9.17, 15) is 4.79 Å². The van der Waals surface area contributed by atoms with E-state index in [1.165, 1.54) is 0 Å². The molecule has 1 aromatic heterocycles. The fourth-order valence-corrected chi connectivity index (χ4v) is 4.34. The van der Waals surface area contributed by atoms with Crippen molar-refractivity contribution in [1.29, 1.82) is 0 Å². The van der Waals surface area contributed by atoms with Crippen molar-refractivity contribution in [2.45, 2.75) is 13.0 Å². The maximum Gasteiger partial charge on any atom is 0.209 e. The summed E-state index contributed by atoms with van der Waals surface area (Å²) in [5.74, 6) is 1.98. The molecule has 1 atom stereocenters. The van der Waals surface area contributed by atoms with Crippen molar-refractivity contribution in [2.24, 2.45) is 0 Å². The van der Waals surface area contributed by atoms with E-state index in [2.05, 4.69) is 9.88 Å². The van der Waals surface area contributed by atoms with Gasteiger partial charge in [0.2, 0.25) is 5.95 Å². The summed E-state index contributed by atoms with van der Waals surface area (Å²) in [7, 11) is 3.25. The smallest absolute Gasteiger partial charge is 0.209 e. The fourth-order valence-electron chi connectivity index (χ4n) is 4.34. The first-order valence-electron chi connectivity index (χ1n) is 10.4. The molecule has 32 heavy (non-hydrogen) atoms. The normalized spacial score (nSPS) is 15.3. The van der Waals surface area contributed by atoms with Gasteiger partial charge in [-0.3, -0.25) is 9.36 Å². The SMILES string of the molecule is COc1ccc([C@H]2C(C(=O)c3ccccc3)=C(C)Nc3nc4ccccc4n32)c(OC)c1. The molecule has 0 radical (unpaired) electrons. The van der Waals surface area contributed by atoms with Crippen LogP contribution in [0.3, 0.4) is 0 Å². The molecule has 0 aliphatic carbocycles. The second-order valence-electron chi connectivity index (χ2n) is 7.66. The first-order chi connectivity index (χ1) is 15.6. The minimum Gasteiger partial charge on any atom is -0.497 e. The molecule has 3 aromatic carbocycles. The summed E-state index contributed by atoms with van der Waals surface area (Å²) in [5, 5.41) is 3.35. The zero-order valence-corrected chi connectivity index (χ0v) is 18.1. The fraction of sp³-hybridized carbons (Fsp3) is 0.154. The van der Waals surface area contributed by atoms with Gasteiger partial charge < -0.3 is 14.8 Å². The number of allylic oxidation sites excluding steroid dienone is 2. The number of anilines is 1. The van der Waals surface area contributed by atoms with E-state index in [-0.39, 0.29) is 5.78 Å². The Balaban J connectivity index is 1.79. The van der Waals surface area contributed by atoms with Crippen LogP contribution in [0.15, 0.2) is 84.1 Å². The van der Waals surface area contributed by atoms with E-state index in [1.807, 2.05) is 79.7 Å². The Morgan fingerprint density at radius 2 is 1.72 bits per heavy atom. The molecule has 160 valence electrons. The van der Waals surface area contributed by atoms with Crippen molar-refractivity contribution in [3.05, 3.63) is 95.2 Å². The van der Waals surface area contributed by atoms with Crippen LogP contribution in [0.5, 0.6) is 11.5 Å². The number of fused-ring (bicyclic) bond motifs is 3. The lowest BCUT2D eigenvalue weighted by Crippen LogP contribution is -2.28. The average molecular weight is 425 g/mol. The van der Waals surface area contributed by atoms with Crippen LogP contribution in [0.25, 0.3) is 11.0 Å². The maximum absolute atomic E-state index is 13.8. The van der Waals surface area contributed by atoms with Gasteiger partial charge in [-0.2, -0.15) is 0 Å². The number of Topliss-reactive ketones (excluding diaryl/α,β-unsaturated/α-hetero) is 1. The average Bonchev–Trinajstić information content (AvgIpc) is 3.20. The summed E-state index contributed by atoms with van der Waals surface area (Å²) in [6.07, 6.45) is 0. The third-order valence-electron chi connectivity index (χ3n) is 5.85. The Hall–Kier alpha value is -4.06. The molecule has 6 heteroatoms. The van der Waals surface area contributed by atoms with Gasteiger partial charge in [-0.25, -0.2) is 4.98 Å². The number of para-hydroxylation sites is 2. The van der Waals surface area contributed by atoms with Crippen molar-refractivity contribution in [3.8, 4) is 11.5 Å². The summed E-state index contributed by atoms with van der Waals surface area (Å²) < 4.78 is 13.2. The van der Waals surface area contributed by atoms with Gasteiger partial charge in [0, 0.05) is 28.5 Å². The molecular formula is C26H23N3O3. The summed E-state index contributed by atoms with van der Waals surface area (Å²) in [6, 6.07) is 22.5. The number of methoxy groups -OCH3 is 2. The summed E-state index contributed by atoms with van der Waals surface area (Å²) in [6.45, 7) is 1.92. The molecular weight excluding hydrogens is 402 g/mol. The van der Waals surface area contributed by atoms with E-state index in [1.54, 1.807) is 14.2 Å². The van der Waals surface area contributed by atoms with E-state index < -0.39 is 6.04 Å². The minimum atomic E-state index is -0.424. The highest BCUT2D eigenvalue weighted by Gasteiger charge is 2.36. The number of nitrogens with one attached hydrogen (secondary N) is 1. The van der Waals surface area contributed by atoms with Crippen LogP contribution in [-0.2, 0) is 0 Å². The number of nitrogens with zero attached hydrogens (tertiary/aromatic N) is 2. The van der Waals surface area contributed by atoms with Crippen LogP contribution < -0.4 is 14.8 Å². The van der Waals surface area contributed by atoms with Crippen LogP contribution in [-0.4, -0.2) is 29.6 Å². The van der Waals surface area contributed by atoms with E-state index in [4.69, 9.17) is 14.5 Å². The van der Waals surface area contributed by atoms with Crippen LogP contribution in [0.1, 0.15) is 28.9 Å². The third kappa shape index (κ3) is 3.12. The molecule has 6 nitrogen and oxygen atoms in total. The Bertz CT molecular complexity index is 1360. The minimum absolute atomic E-state index is 0.0399. The predicted molar refractivity (Wildman–Crippen MR) is 125 cm³/mol. The second-order valence-corrected chi connectivity index (χ2v) is 7.66. The quantitative estimate of drug-likeness (QED) is 0.444. The van der Waals surface area contributed by atoms with Crippen LogP contribution in [0, 0.1) is 0 Å². The standard InChI is InChI=1S/C26H23N3O3/c1-16-23(25(30)17-9-5-4-6-10-17)24(19-14-13-18(31-2)15-22(19)32-3)29-21-12-8-7-11-20(21)28-26(29)27-16/h4-15,24H,1-3H3,(H,27,28)/t24-/m0/s1. The molecule has 1 aliphatic heterocycles. The topological polar surface area (TPSA) is 65.4 Å². The third-order valence-corrected chi connectivity index (χ3v) is 5.85. The van der Waals surface area contributed by atoms with Gasteiger partial charge >= 0.3 is 0 Å². The number of imidazole rings is 1. The molecule has 1 aliphatic rings. The molecule has 4 aromatic rings. The first kappa shape index (κ1) is 19.9. The highest BCUT2D eigenvalue weighted by Crippen LogP contribution is 2.43. The van der Waals surface area contributed by atoms with E-state index in [0.29, 0.717) is 28.6 Å². The maximum atomic E-state index is 13.8. The van der Waals surface area contributed by atoms with Gasteiger partial charge in [0.25, 0.3) is 0 Å². The van der Waals surface area contributed by atoms with Crippen molar-refractivity contribution < 1.29 is 14.3 Å². The van der Waals surface area contributed by atoms with Gasteiger partial charge in [-0.05, 0) is 31.2 Å². The van der Waals surface area contributed by atoms with Crippen LogP contribution in [0.2, 0.25) is 0 Å². The summed E-state index contributed by atoms with van der Waals surface area (Å²) in [5.41, 5.74) is 4.70. The molecule has 5 rings (SSSR count). The van der Waals surface area contributed by atoms with Crippen molar-refractivity contribution in [1.82, 2.24) is 9.55 Å². The molecule has 0 bridgehead atoms. The highest BCUT2D eigenvalue weighted by atomic mass is 16.5. The Kier molecular flexibility index (Phi) is 4.90. The second kappa shape index (κ2) is 7.89. The lowest BCUT2D eigenvalue weighted by molar-refractivity contribution is 0.102. The van der Waals surface area contributed by atoms with E-state index >= 15 is 0 Å². The zero-order chi connectivity index (χ0) is 22.2. The number of carbonyl (C=O) groups excluding carboxylic acids is 1. The molecule has 0 saturated heterocycles. The molecule has 1 N–H and O–H groups in total. The number of aromatic nitrogens is 2. The first-order valence-corrected chi connectivity index (χ1v) is 10.4. The zero-order valence-electron chi connectivity index (χ0n) is 18.1. The number of ketones is 1. The highest BCUT2D eigenvalue weighted by molar-refractivity contribution is 6.11. The summed E-state index contributed by atoms with van der Waals surface area (Å²) >= 11 is 0. The lowest BCUT2D eigenvalue weighted by atomic mass is 9.88. The van der Waals surface area contributed by atoms with Crippen molar-refractivity contribution >= 4 is 22.8 Å². The van der Waals surface area contributed by atoms with Crippen molar-refractivity contribution in [2.75, 3.05) is 19.5 Å². The van der Waals surface area contributed by atoms with Gasteiger partial charge in [0.15, 0.2) is 5.78 Å². The van der Waals surface area contributed by atoms with Crippen molar-refractivity contribution in [3.63, 3.8) is 0 Å². The predicted octanol–water partition coefficient (Wildman–Crippen LogP) is 5.23. The number of benzene rings is 3. The van der Waals surface area contributed by atoms with Crippen LogP contribution in [0.4, 0.5) is 5.95 Å². The largest absolute Gasteiger partial charge is 0.497 e. The molecule has 0 spiro atoms. The molecule has 2 heterocycles. The Morgan fingerprint density at radius 1 is 0.969 bits per heavy atom. The number of hydrogen-bond acceptors (Lipinski definition) is 5. The van der Waals surface area contributed by atoms with Gasteiger partial charge in [-0.1, -0.05) is 42.5 Å². The number of hydrogen-bond donors (Lipinski definition) is 1. The number of ether oxygens (including phenoxy) is 2. The molecule has 0 unspecified atom stereocenters. The van der Waals surface area contributed by atoms with E-state index in [0.717, 1.165) is 22.3 Å². The monoisotopic (exact) mass is 425 g/mol. The number of carbonyl (C=O) groups is 1. The molecule has 0 amide bonds. The van der Waals surface area contributed by atoms with Gasteiger partial charge in [-0.15, -0.1) is 0 Å². The van der Waals surface area contributed by atoms with Gasteiger partial charge in [0.05, 0.1) is 31.3 Å². The number of rotatable bonds is 5. The Morgan fingerprint density at radius 3 is 2.47 bits per heavy atom. The molecule has 0 fully saturated rings. The van der Waals surface area contributed by atoms with Crippen LogP contribution >= 0.6 is 0 Å². The molecule has 0 saturated carbocycles. The lowest BCUT2D eigenvalue weighted by Gasteiger charge is -2.31. The summed E-state index contributed by atoms with van der Waals surface area (Å²) in [4.78, 5) is 18.6. The Labute approximate surface area is 186 Å². The van der Waals surface area contributed by atoms with Gasteiger partial charge in [0.1, 0.15) is 11.5 Å².